The predicted molar refractivity (Wildman–Crippen MR) is 99.9 cm³/mol. The lowest BCUT2D eigenvalue weighted by molar-refractivity contribution is -0.122. The number of unbranched alkanes of at least 4 members (excludes halogenated alkanes) is 1. The molecule has 0 heterocycles. The van der Waals surface area contributed by atoms with Gasteiger partial charge < -0.3 is 20.5 Å². The average Bonchev–Trinajstić information content (AvgIpc) is 2.52. The molecule has 1 amide bonds. The van der Waals surface area contributed by atoms with Gasteiger partial charge in [0.15, 0.2) is 11.5 Å². The zero-order valence-corrected chi connectivity index (χ0v) is 15.9. The fraction of sp³-hybridized carbons (Fsp3) is 0.611. The van der Waals surface area contributed by atoms with Gasteiger partial charge in [0, 0.05) is 6.54 Å². The highest BCUT2D eigenvalue weighted by Gasteiger charge is 2.14. The number of carbonyl (C=O) groups is 1. The standard InChI is InChI=1S/C18H30N2O3.ClH/c1-5-6-9-23-16-8-7-14(11-17(16)22-4)12-20-18(21)15(19)10-13(2)3;/h7-8,11,13,15H,5-6,9-10,12,19H2,1-4H3,(H,20,21);1H/t15-;/m0./s1. The summed E-state index contributed by atoms with van der Waals surface area (Å²) in [5, 5.41) is 2.87. The smallest absolute Gasteiger partial charge is 0.237 e. The second-order valence-corrected chi connectivity index (χ2v) is 6.14. The van der Waals surface area contributed by atoms with Crippen LogP contribution in [0.15, 0.2) is 18.2 Å². The summed E-state index contributed by atoms with van der Waals surface area (Å²) in [5.74, 6) is 1.68. The highest BCUT2D eigenvalue weighted by atomic mass is 35.5. The summed E-state index contributed by atoms with van der Waals surface area (Å²) in [5.41, 5.74) is 6.83. The van der Waals surface area contributed by atoms with E-state index in [0.29, 0.717) is 31.2 Å². The Hall–Kier alpha value is -1.46. The van der Waals surface area contributed by atoms with Crippen LogP contribution < -0.4 is 20.5 Å². The van der Waals surface area contributed by atoms with Crippen LogP contribution in [0.1, 0.15) is 45.6 Å². The molecule has 0 saturated heterocycles. The van der Waals surface area contributed by atoms with Crippen LogP contribution in [0, 0.1) is 5.92 Å². The number of nitrogens with one attached hydrogen (secondary N) is 1. The second kappa shape index (κ2) is 12.0. The minimum atomic E-state index is -0.464. The Balaban J connectivity index is 0.00000529. The Kier molecular flexibility index (Phi) is 11.3. The van der Waals surface area contributed by atoms with Crippen LogP contribution in [-0.4, -0.2) is 25.7 Å². The number of ether oxygens (including phenoxy) is 2. The summed E-state index contributed by atoms with van der Waals surface area (Å²) in [7, 11) is 1.61. The van der Waals surface area contributed by atoms with E-state index in [1.54, 1.807) is 7.11 Å². The van der Waals surface area contributed by atoms with Crippen LogP contribution in [0.3, 0.4) is 0 Å². The van der Waals surface area contributed by atoms with Crippen molar-refractivity contribution >= 4 is 18.3 Å². The SMILES string of the molecule is CCCCOc1ccc(CNC(=O)[C@@H](N)CC(C)C)cc1OC.Cl. The van der Waals surface area contributed by atoms with Crippen molar-refractivity contribution in [2.24, 2.45) is 11.7 Å². The highest BCUT2D eigenvalue weighted by molar-refractivity contribution is 5.85. The maximum atomic E-state index is 12.0. The van der Waals surface area contributed by atoms with Crippen molar-refractivity contribution in [2.75, 3.05) is 13.7 Å². The maximum Gasteiger partial charge on any atom is 0.237 e. The van der Waals surface area contributed by atoms with Crippen molar-refractivity contribution in [3.05, 3.63) is 23.8 Å². The minimum absolute atomic E-state index is 0. The first kappa shape index (κ1) is 22.5. The fourth-order valence-electron chi connectivity index (χ4n) is 2.20. The van der Waals surface area contributed by atoms with Gasteiger partial charge in [-0.2, -0.15) is 0 Å². The van der Waals surface area contributed by atoms with Crippen molar-refractivity contribution in [1.29, 1.82) is 0 Å². The number of carbonyl (C=O) groups excluding carboxylic acids is 1. The van der Waals surface area contributed by atoms with Crippen LogP contribution in [-0.2, 0) is 11.3 Å². The molecule has 0 fully saturated rings. The van der Waals surface area contributed by atoms with Gasteiger partial charge in [0.05, 0.1) is 19.8 Å². The quantitative estimate of drug-likeness (QED) is 0.629. The molecule has 0 aliphatic rings. The fourth-order valence-corrected chi connectivity index (χ4v) is 2.20. The van der Waals surface area contributed by atoms with Gasteiger partial charge >= 0.3 is 0 Å². The Morgan fingerprint density at radius 2 is 2.00 bits per heavy atom. The van der Waals surface area contributed by atoms with Gasteiger partial charge in [0.25, 0.3) is 0 Å². The van der Waals surface area contributed by atoms with Gasteiger partial charge in [0.1, 0.15) is 0 Å². The number of benzene rings is 1. The van der Waals surface area contributed by atoms with Crippen LogP contribution in [0.4, 0.5) is 0 Å². The Labute approximate surface area is 151 Å². The second-order valence-electron chi connectivity index (χ2n) is 6.14. The number of hydrogen-bond donors (Lipinski definition) is 2. The first-order chi connectivity index (χ1) is 11.0. The number of hydrogen-bond acceptors (Lipinski definition) is 4. The third-order valence-electron chi connectivity index (χ3n) is 3.51. The highest BCUT2D eigenvalue weighted by Crippen LogP contribution is 2.28. The van der Waals surface area contributed by atoms with Crippen LogP contribution >= 0.6 is 12.4 Å². The van der Waals surface area contributed by atoms with Gasteiger partial charge in [-0.05, 0) is 36.5 Å². The molecule has 0 unspecified atom stereocenters. The zero-order valence-electron chi connectivity index (χ0n) is 15.1. The minimum Gasteiger partial charge on any atom is -0.493 e. The molecule has 0 bridgehead atoms. The molecule has 6 heteroatoms. The third kappa shape index (κ3) is 7.88. The Bertz CT molecular complexity index is 495. The van der Waals surface area contributed by atoms with E-state index in [1.165, 1.54) is 0 Å². The molecule has 0 saturated carbocycles. The number of amides is 1. The third-order valence-corrected chi connectivity index (χ3v) is 3.51. The van der Waals surface area contributed by atoms with E-state index in [9.17, 15) is 4.79 Å². The molecule has 0 radical (unpaired) electrons. The number of nitrogens with two attached hydrogens (primary N) is 1. The number of halogens is 1. The monoisotopic (exact) mass is 358 g/mol. The first-order valence-corrected chi connectivity index (χ1v) is 8.30. The summed E-state index contributed by atoms with van der Waals surface area (Å²) >= 11 is 0. The molecule has 0 aromatic heterocycles. The Morgan fingerprint density at radius 1 is 1.29 bits per heavy atom. The van der Waals surface area contributed by atoms with E-state index in [4.69, 9.17) is 15.2 Å². The van der Waals surface area contributed by atoms with Gasteiger partial charge in [0.2, 0.25) is 5.91 Å². The van der Waals surface area contributed by atoms with Crippen LogP contribution in [0.2, 0.25) is 0 Å². The summed E-state index contributed by atoms with van der Waals surface area (Å²) in [6, 6.07) is 5.23. The lowest BCUT2D eigenvalue weighted by Crippen LogP contribution is -2.41. The van der Waals surface area contributed by atoms with Crippen molar-refractivity contribution in [3.63, 3.8) is 0 Å². The van der Waals surface area contributed by atoms with Gasteiger partial charge in [-0.25, -0.2) is 0 Å². The van der Waals surface area contributed by atoms with Crippen molar-refractivity contribution in [1.82, 2.24) is 5.32 Å². The van der Waals surface area contributed by atoms with Gasteiger partial charge in [-0.3, -0.25) is 4.79 Å². The Morgan fingerprint density at radius 3 is 2.58 bits per heavy atom. The molecule has 138 valence electrons. The van der Waals surface area contributed by atoms with E-state index in [2.05, 4.69) is 26.1 Å². The molecular formula is C18H31ClN2O3. The van der Waals surface area contributed by atoms with Crippen molar-refractivity contribution in [2.45, 2.75) is 52.6 Å². The van der Waals surface area contributed by atoms with E-state index < -0.39 is 6.04 Å². The first-order valence-electron chi connectivity index (χ1n) is 8.30. The molecular weight excluding hydrogens is 328 g/mol. The van der Waals surface area contributed by atoms with E-state index in [-0.39, 0.29) is 18.3 Å². The van der Waals surface area contributed by atoms with E-state index in [1.807, 2.05) is 18.2 Å². The molecule has 3 N–H and O–H groups in total. The van der Waals surface area contributed by atoms with E-state index in [0.717, 1.165) is 24.2 Å². The average molecular weight is 359 g/mol. The summed E-state index contributed by atoms with van der Waals surface area (Å²) < 4.78 is 11.1. The molecule has 0 aliphatic carbocycles. The van der Waals surface area contributed by atoms with Crippen molar-refractivity contribution < 1.29 is 14.3 Å². The lowest BCUT2D eigenvalue weighted by Gasteiger charge is -2.15. The topological polar surface area (TPSA) is 73.6 Å². The largest absolute Gasteiger partial charge is 0.493 e. The molecule has 1 aromatic rings. The number of rotatable bonds is 10. The van der Waals surface area contributed by atoms with Crippen molar-refractivity contribution in [3.8, 4) is 11.5 Å². The molecule has 1 aromatic carbocycles. The molecule has 1 atom stereocenters. The lowest BCUT2D eigenvalue weighted by atomic mass is 10.0. The molecule has 5 nitrogen and oxygen atoms in total. The molecule has 0 aliphatic heterocycles. The molecule has 0 spiro atoms. The van der Waals surface area contributed by atoms with Gasteiger partial charge in [-0.1, -0.05) is 33.3 Å². The summed E-state index contributed by atoms with van der Waals surface area (Å²) in [6.07, 6.45) is 2.77. The zero-order chi connectivity index (χ0) is 17.2. The summed E-state index contributed by atoms with van der Waals surface area (Å²) in [4.78, 5) is 12.0. The number of methoxy groups -OCH3 is 1. The molecule has 1 rings (SSSR count). The normalized spacial score (nSPS) is 11.6. The van der Waals surface area contributed by atoms with E-state index >= 15 is 0 Å². The van der Waals surface area contributed by atoms with Crippen LogP contribution in [0.5, 0.6) is 11.5 Å². The summed E-state index contributed by atoms with van der Waals surface area (Å²) in [6.45, 7) is 7.32. The van der Waals surface area contributed by atoms with Crippen LogP contribution in [0.25, 0.3) is 0 Å². The predicted octanol–water partition coefficient (Wildman–Crippen LogP) is 3.29. The molecule has 24 heavy (non-hydrogen) atoms. The maximum absolute atomic E-state index is 12.0. The van der Waals surface area contributed by atoms with Gasteiger partial charge in [-0.15, -0.1) is 12.4 Å².